The molecule has 0 radical (unpaired) electrons. The van der Waals surface area contributed by atoms with Gasteiger partial charge in [-0.05, 0) is 93.7 Å². The summed E-state index contributed by atoms with van der Waals surface area (Å²) in [5, 5.41) is 0. The predicted octanol–water partition coefficient (Wildman–Crippen LogP) is 2.28. The molecule has 26 heavy (non-hydrogen) atoms. The van der Waals surface area contributed by atoms with Gasteiger partial charge in [0, 0.05) is 6.42 Å². The van der Waals surface area contributed by atoms with Gasteiger partial charge < -0.3 is 13.3 Å². The van der Waals surface area contributed by atoms with E-state index >= 15 is 0 Å². The van der Waals surface area contributed by atoms with E-state index in [2.05, 4.69) is 60.3 Å². The summed E-state index contributed by atoms with van der Waals surface area (Å²) in [6.45, 7) is 17.9. The summed E-state index contributed by atoms with van der Waals surface area (Å²) in [5.41, 5.74) is 8.31. The van der Waals surface area contributed by atoms with Gasteiger partial charge in [0.25, 0.3) is 0 Å². The van der Waals surface area contributed by atoms with Gasteiger partial charge in [-0.1, -0.05) is 6.04 Å². The Morgan fingerprint density at radius 3 is 1.81 bits per heavy atom. The van der Waals surface area contributed by atoms with E-state index in [1.54, 1.807) is 0 Å². The molecular formula is C19H38O3Si4. The third-order valence-electron chi connectivity index (χ3n) is 5.19. The van der Waals surface area contributed by atoms with E-state index in [9.17, 15) is 0 Å². The van der Waals surface area contributed by atoms with Gasteiger partial charge in [0.1, 0.15) is 26.9 Å². The Labute approximate surface area is 169 Å². The summed E-state index contributed by atoms with van der Waals surface area (Å²) in [5.74, 6) is 1.26. The second-order valence-corrected chi connectivity index (χ2v) is 15.5. The van der Waals surface area contributed by atoms with Crippen LogP contribution in [0.1, 0.15) is 39.8 Å². The number of hydrogen-bond acceptors (Lipinski definition) is 3. The third-order valence-corrected chi connectivity index (χ3v) is 10.3. The van der Waals surface area contributed by atoms with Crippen molar-refractivity contribution in [3.8, 4) is 0 Å². The highest BCUT2D eigenvalue weighted by Crippen LogP contribution is 2.29. The number of hydrogen-bond donors (Lipinski definition) is 0. The Hall–Kier alpha value is -0.452. The maximum atomic E-state index is 6.47. The smallest absolute Gasteiger partial charge is 0.241 e. The molecule has 0 aliphatic carbocycles. The first-order valence-corrected chi connectivity index (χ1v) is 16.4. The molecule has 1 aromatic carbocycles. The number of benzene rings is 1. The molecule has 0 fully saturated rings. The maximum Gasteiger partial charge on any atom is 0.241 e. The highest BCUT2D eigenvalue weighted by molar-refractivity contribution is 6.70. The molecule has 3 nitrogen and oxygen atoms in total. The van der Waals surface area contributed by atoms with Crippen molar-refractivity contribution >= 4 is 44.9 Å². The van der Waals surface area contributed by atoms with E-state index in [-0.39, 0.29) is 15.4 Å². The first-order chi connectivity index (χ1) is 12.0. The maximum absolute atomic E-state index is 6.47. The molecule has 0 heterocycles. The molecule has 148 valence electrons. The predicted molar refractivity (Wildman–Crippen MR) is 126 cm³/mol. The summed E-state index contributed by atoms with van der Waals surface area (Å²) in [6.07, 6.45) is 3.31. The molecule has 0 spiro atoms. The molecule has 0 aromatic heterocycles. The molecule has 1 rings (SSSR count). The van der Waals surface area contributed by atoms with Crippen molar-refractivity contribution in [3.63, 3.8) is 0 Å². The van der Waals surface area contributed by atoms with E-state index in [0.29, 0.717) is 0 Å². The zero-order chi connectivity index (χ0) is 20.1. The minimum Gasteiger partial charge on any atom is -0.547 e. The largest absolute Gasteiger partial charge is 0.547 e. The SMILES string of the molecule is Cc1c(C)c(C)c(C=C(CC[SiH2]C(O[SiH3])O[SiH3])O[Si](C)(C)C)c(C)c1C. The van der Waals surface area contributed by atoms with Crippen LogP contribution in [0.15, 0.2) is 5.76 Å². The van der Waals surface area contributed by atoms with Crippen LogP contribution < -0.4 is 0 Å². The van der Waals surface area contributed by atoms with Crippen LogP contribution in [0, 0.1) is 34.6 Å². The normalized spacial score (nSPS) is 14.5. The van der Waals surface area contributed by atoms with Gasteiger partial charge in [-0.25, -0.2) is 0 Å². The van der Waals surface area contributed by atoms with Gasteiger partial charge in [0.05, 0.1) is 15.3 Å². The number of rotatable bonds is 9. The van der Waals surface area contributed by atoms with E-state index in [1.165, 1.54) is 33.4 Å². The van der Waals surface area contributed by atoms with Crippen molar-refractivity contribution in [2.45, 2.75) is 72.6 Å². The Kier molecular flexibility index (Phi) is 9.24. The van der Waals surface area contributed by atoms with Gasteiger partial charge in [-0.15, -0.1) is 0 Å². The Morgan fingerprint density at radius 1 is 0.923 bits per heavy atom. The lowest BCUT2D eigenvalue weighted by Gasteiger charge is -2.24. The fraction of sp³-hybridized carbons (Fsp3) is 0.579. The summed E-state index contributed by atoms with van der Waals surface area (Å²) in [6, 6.07) is 1.16. The topological polar surface area (TPSA) is 27.7 Å². The van der Waals surface area contributed by atoms with Crippen LogP contribution in [0.5, 0.6) is 0 Å². The molecule has 0 aliphatic heterocycles. The minimum absolute atomic E-state index is 0.119. The fourth-order valence-electron chi connectivity index (χ4n) is 3.23. The molecule has 0 bridgehead atoms. The zero-order valence-corrected chi connectivity index (χ0v) is 24.9. The van der Waals surface area contributed by atoms with Crippen molar-refractivity contribution in [1.29, 1.82) is 0 Å². The van der Waals surface area contributed by atoms with Crippen molar-refractivity contribution < 1.29 is 13.3 Å². The first kappa shape index (κ1) is 23.6. The minimum atomic E-state index is -1.64. The van der Waals surface area contributed by atoms with Crippen LogP contribution in [-0.4, -0.2) is 44.7 Å². The summed E-state index contributed by atoms with van der Waals surface area (Å²) < 4.78 is 17.6. The average molecular weight is 427 g/mol. The second kappa shape index (κ2) is 10.2. The third kappa shape index (κ3) is 6.61. The lowest BCUT2D eigenvalue weighted by molar-refractivity contribution is 0.0919. The van der Waals surface area contributed by atoms with Crippen LogP contribution in [0.4, 0.5) is 0 Å². The van der Waals surface area contributed by atoms with Crippen LogP contribution in [-0.2, 0) is 13.3 Å². The first-order valence-electron chi connectivity index (χ1n) is 9.54. The molecule has 0 N–H and O–H groups in total. The van der Waals surface area contributed by atoms with Gasteiger partial charge in [-0.2, -0.15) is 0 Å². The van der Waals surface area contributed by atoms with Crippen molar-refractivity contribution in [2.24, 2.45) is 0 Å². The number of allylic oxidation sites excluding steroid dienone is 1. The molecule has 0 saturated carbocycles. The molecule has 0 amide bonds. The van der Waals surface area contributed by atoms with Gasteiger partial charge in [-0.3, -0.25) is 0 Å². The van der Waals surface area contributed by atoms with Crippen LogP contribution in [0.2, 0.25) is 25.7 Å². The van der Waals surface area contributed by atoms with Gasteiger partial charge in [0.2, 0.25) is 8.32 Å². The van der Waals surface area contributed by atoms with Gasteiger partial charge in [0.15, 0.2) is 0 Å². The van der Waals surface area contributed by atoms with Crippen molar-refractivity contribution in [1.82, 2.24) is 0 Å². The van der Waals surface area contributed by atoms with E-state index in [1.807, 2.05) is 0 Å². The average Bonchev–Trinajstić information content (AvgIpc) is 2.57. The Bertz CT molecular complexity index is 618. The van der Waals surface area contributed by atoms with Crippen LogP contribution in [0.25, 0.3) is 6.08 Å². The Morgan fingerprint density at radius 2 is 1.38 bits per heavy atom. The molecule has 0 atom stereocenters. The standard InChI is InChI=1S/C19H38O3Si4/c1-12-13(2)15(4)18(16(5)14(12)3)11-17(22-26(6,7)8)9-10-25-19(20-23)21-24/h11,19H,9-10,25H2,1-8,23-24H3. The molecule has 0 saturated heterocycles. The Balaban J connectivity index is 3.19. The molecule has 7 heteroatoms. The molecular weight excluding hydrogens is 389 g/mol. The molecule has 0 aliphatic rings. The highest BCUT2D eigenvalue weighted by atomic mass is 28.4. The van der Waals surface area contributed by atoms with Gasteiger partial charge >= 0.3 is 0 Å². The summed E-state index contributed by atoms with van der Waals surface area (Å²) in [7, 11) is -0.511. The monoisotopic (exact) mass is 426 g/mol. The molecule has 1 aromatic rings. The summed E-state index contributed by atoms with van der Waals surface area (Å²) in [4.78, 5) is 0. The lowest BCUT2D eigenvalue weighted by Crippen LogP contribution is -2.26. The van der Waals surface area contributed by atoms with Crippen molar-refractivity contribution in [2.75, 3.05) is 0 Å². The van der Waals surface area contributed by atoms with Crippen LogP contribution in [0.3, 0.4) is 0 Å². The fourth-order valence-corrected chi connectivity index (χ4v) is 7.72. The van der Waals surface area contributed by atoms with E-state index < -0.39 is 8.32 Å². The van der Waals surface area contributed by atoms with E-state index in [0.717, 1.165) is 39.2 Å². The van der Waals surface area contributed by atoms with Crippen LogP contribution >= 0.6 is 0 Å². The quantitative estimate of drug-likeness (QED) is 0.344. The second-order valence-electron chi connectivity index (χ2n) is 8.16. The molecule has 0 unspecified atom stereocenters. The highest BCUT2D eigenvalue weighted by Gasteiger charge is 2.19. The van der Waals surface area contributed by atoms with E-state index in [4.69, 9.17) is 13.3 Å². The summed E-state index contributed by atoms with van der Waals surface area (Å²) >= 11 is 0. The van der Waals surface area contributed by atoms with Crippen molar-refractivity contribution in [3.05, 3.63) is 39.1 Å². The lowest BCUT2D eigenvalue weighted by atomic mass is 9.89. The zero-order valence-electron chi connectivity index (χ0n) is 18.5.